The van der Waals surface area contributed by atoms with Crippen molar-refractivity contribution in [2.45, 2.75) is 0 Å². The molecule has 9 heteroatoms. The fourth-order valence-electron chi connectivity index (χ4n) is 1.61. The van der Waals surface area contributed by atoms with Gasteiger partial charge in [-0.05, 0) is 18.2 Å². The molecular formula is C13H9N3O6. The van der Waals surface area contributed by atoms with Crippen molar-refractivity contribution in [3.63, 3.8) is 0 Å². The molecule has 0 atom stereocenters. The van der Waals surface area contributed by atoms with E-state index >= 15 is 0 Å². The van der Waals surface area contributed by atoms with Gasteiger partial charge >= 0.3 is 0 Å². The van der Waals surface area contributed by atoms with Crippen LogP contribution in [0.25, 0.3) is 0 Å². The SMILES string of the molecule is O=[N+]([O-])Oc1ccccc1C=Nc1ccccc1O[N+](=O)[O-]. The molecule has 0 aliphatic rings. The Balaban J connectivity index is 2.29. The maximum Gasteiger partial charge on any atom is 0.299 e. The number of hydrogen-bond acceptors (Lipinski definition) is 7. The molecule has 0 N–H and O–H groups in total. The summed E-state index contributed by atoms with van der Waals surface area (Å²) in [4.78, 5) is 33.7. The van der Waals surface area contributed by atoms with Crippen LogP contribution in [0.1, 0.15) is 5.56 Å². The molecule has 2 aromatic carbocycles. The highest BCUT2D eigenvalue weighted by molar-refractivity contribution is 5.85. The van der Waals surface area contributed by atoms with Gasteiger partial charge in [0, 0.05) is 11.8 Å². The van der Waals surface area contributed by atoms with Crippen LogP contribution >= 0.6 is 0 Å². The van der Waals surface area contributed by atoms with E-state index in [2.05, 4.69) is 14.7 Å². The number of rotatable bonds is 6. The monoisotopic (exact) mass is 303 g/mol. The normalized spacial score (nSPS) is 10.4. The molecule has 2 aromatic rings. The van der Waals surface area contributed by atoms with Gasteiger partial charge in [0.25, 0.3) is 10.2 Å². The van der Waals surface area contributed by atoms with E-state index in [-0.39, 0.29) is 17.2 Å². The topological polar surface area (TPSA) is 117 Å². The Hall–Kier alpha value is -3.49. The van der Waals surface area contributed by atoms with Crippen molar-refractivity contribution in [3.8, 4) is 11.5 Å². The van der Waals surface area contributed by atoms with Gasteiger partial charge in [0.15, 0.2) is 5.75 Å². The first-order valence-electron chi connectivity index (χ1n) is 5.93. The molecule has 0 saturated heterocycles. The van der Waals surface area contributed by atoms with Crippen molar-refractivity contribution in [2.24, 2.45) is 4.99 Å². The number of nitrogens with zero attached hydrogens (tertiary/aromatic N) is 3. The van der Waals surface area contributed by atoms with Crippen LogP contribution in [0, 0.1) is 20.2 Å². The van der Waals surface area contributed by atoms with E-state index in [0.717, 1.165) is 0 Å². The Morgan fingerprint density at radius 2 is 1.41 bits per heavy atom. The summed E-state index contributed by atoms with van der Waals surface area (Å²) in [6.07, 6.45) is 1.29. The molecule has 0 heterocycles. The van der Waals surface area contributed by atoms with E-state index < -0.39 is 10.2 Å². The third-order valence-corrected chi connectivity index (χ3v) is 2.47. The van der Waals surface area contributed by atoms with Gasteiger partial charge in [-0.1, -0.05) is 30.3 Å². The number of aliphatic imine (C=N–C) groups is 1. The number of para-hydroxylation sites is 3. The zero-order valence-corrected chi connectivity index (χ0v) is 11.0. The summed E-state index contributed by atoms with van der Waals surface area (Å²) >= 11 is 0. The molecule has 0 spiro atoms. The zero-order valence-electron chi connectivity index (χ0n) is 11.0. The molecule has 0 aliphatic carbocycles. The molecule has 0 unspecified atom stereocenters. The predicted octanol–water partition coefficient (Wildman–Crippen LogP) is 2.58. The second kappa shape index (κ2) is 6.79. The first kappa shape index (κ1) is 14.9. The lowest BCUT2D eigenvalue weighted by Gasteiger charge is -2.04. The molecule has 112 valence electrons. The highest BCUT2D eigenvalue weighted by Gasteiger charge is 2.07. The maximum atomic E-state index is 10.4. The van der Waals surface area contributed by atoms with Crippen molar-refractivity contribution >= 4 is 11.9 Å². The van der Waals surface area contributed by atoms with Crippen molar-refractivity contribution in [1.82, 2.24) is 0 Å². The molecule has 9 nitrogen and oxygen atoms in total. The van der Waals surface area contributed by atoms with Crippen LogP contribution in [0.4, 0.5) is 5.69 Å². The van der Waals surface area contributed by atoms with E-state index in [4.69, 9.17) is 0 Å². The largest absolute Gasteiger partial charge is 0.299 e. The molecule has 2 rings (SSSR count). The van der Waals surface area contributed by atoms with Gasteiger partial charge < -0.3 is 0 Å². The molecule has 0 saturated carbocycles. The van der Waals surface area contributed by atoms with Crippen LogP contribution in [0.2, 0.25) is 0 Å². The first-order valence-corrected chi connectivity index (χ1v) is 5.93. The minimum atomic E-state index is -0.946. The summed E-state index contributed by atoms with van der Waals surface area (Å²) in [6.45, 7) is 0. The molecule has 0 amide bonds. The Bertz CT molecular complexity index is 670. The third-order valence-electron chi connectivity index (χ3n) is 2.47. The molecule has 0 bridgehead atoms. The van der Waals surface area contributed by atoms with Crippen molar-refractivity contribution in [3.05, 3.63) is 74.3 Å². The number of hydrogen-bond donors (Lipinski definition) is 0. The number of benzene rings is 2. The molecule has 0 radical (unpaired) electrons. The van der Waals surface area contributed by atoms with E-state index in [0.29, 0.717) is 5.56 Å². The van der Waals surface area contributed by atoms with Gasteiger partial charge in [0.05, 0.1) is 5.69 Å². The summed E-state index contributed by atoms with van der Waals surface area (Å²) in [5.41, 5.74) is 0.546. The Labute approximate surface area is 123 Å². The summed E-state index contributed by atoms with van der Waals surface area (Å²) in [7, 11) is 0. The lowest BCUT2D eigenvalue weighted by Crippen LogP contribution is -2.05. The quantitative estimate of drug-likeness (QED) is 0.460. The molecule has 0 aromatic heterocycles. The summed E-state index contributed by atoms with van der Waals surface area (Å²) in [6, 6.07) is 12.2. The fraction of sp³-hybridized carbons (Fsp3) is 0. The molecular weight excluding hydrogens is 294 g/mol. The Kier molecular flexibility index (Phi) is 4.60. The Morgan fingerprint density at radius 3 is 2.09 bits per heavy atom. The third kappa shape index (κ3) is 4.00. The van der Waals surface area contributed by atoms with Crippen LogP contribution in [0.3, 0.4) is 0 Å². The zero-order chi connectivity index (χ0) is 15.9. The Morgan fingerprint density at radius 1 is 0.864 bits per heavy atom. The van der Waals surface area contributed by atoms with Gasteiger partial charge in [-0.25, -0.2) is 0 Å². The fourth-order valence-corrected chi connectivity index (χ4v) is 1.61. The average molecular weight is 303 g/mol. The van der Waals surface area contributed by atoms with Crippen molar-refractivity contribution < 1.29 is 19.8 Å². The summed E-state index contributed by atoms with van der Waals surface area (Å²) in [5.74, 6) is -0.0413. The maximum absolute atomic E-state index is 10.4. The van der Waals surface area contributed by atoms with Crippen LogP contribution < -0.4 is 9.68 Å². The highest BCUT2D eigenvalue weighted by Crippen LogP contribution is 2.27. The van der Waals surface area contributed by atoms with E-state index in [1.165, 1.54) is 24.4 Å². The van der Waals surface area contributed by atoms with Crippen LogP contribution in [-0.4, -0.2) is 16.4 Å². The summed E-state index contributed by atoms with van der Waals surface area (Å²) < 4.78 is 0. The van der Waals surface area contributed by atoms with Crippen molar-refractivity contribution in [1.29, 1.82) is 0 Å². The predicted molar refractivity (Wildman–Crippen MR) is 75.4 cm³/mol. The lowest BCUT2D eigenvalue weighted by molar-refractivity contribution is -0.711. The molecule has 22 heavy (non-hydrogen) atoms. The molecule has 0 fully saturated rings. The van der Waals surface area contributed by atoms with Crippen LogP contribution in [-0.2, 0) is 0 Å². The van der Waals surface area contributed by atoms with Crippen LogP contribution in [0.5, 0.6) is 11.5 Å². The van der Waals surface area contributed by atoms with Crippen LogP contribution in [0.15, 0.2) is 53.5 Å². The smallest absolute Gasteiger partial charge is 0.276 e. The molecule has 0 aliphatic heterocycles. The second-order valence-electron chi connectivity index (χ2n) is 3.89. The van der Waals surface area contributed by atoms with Gasteiger partial charge in [0.1, 0.15) is 5.75 Å². The standard InChI is InChI=1S/C13H9N3O6/c17-15(18)21-12-7-3-1-5-10(12)9-14-11-6-2-4-8-13(11)22-16(19)20/h1-9H. The lowest BCUT2D eigenvalue weighted by atomic mass is 10.2. The van der Waals surface area contributed by atoms with Gasteiger partial charge in [-0.2, -0.15) is 0 Å². The van der Waals surface area contributed by atoms with E-state index in [1.807, 2.05) is 0 Å². The minimum Gasteiger partial charge on any atom is -0.276 e. The van der Waals surface area contributed by atoms with Crippen molar-refractivity contribution in [2.75, 3.05) is 0 Å². The van der Waals surface area contributed by atoms with E-state index in [9.17, 15) is 20.2 Å². The minimum absolute atomic E-state index is 0.00363. The second-order valence-corrected chi connectivity index (χ2v) is 3.89. The van der Waals surface area contributed by atoms with E-state index in [1.54, 1.807) is 30.3 Å². The highest BCUT2D eigenvalue weighted by atomic mass is 17.0. The first-order chi connectivity index (χ1) is 10.6. The average Bonchev–Trinajstić information content (AvgIpc) is 2.46. The summed E-state index contributed by atoms with van der Waals surface area (Å²) in [5, 5.41) is 18.9. The van der Waals surface area contributed by atoms with Gasteiger partial charge in [-0.3, -0.25) is 14.7 Å². The van der Waals surface area contributed by atoms with Gasteiger partial charge in [0.2, 0.25) is 0 Å². The van der Waals surface area contributed by atoms with Gasteiger partial charge in [-0.15, -0.1) is 20.2 Å².